The predicted molar refractivity (Wildman–Crippen MR) is 111 cm³/mol. The quantitative estimate of drug-likeness (QED) is 0.653. The van der Waals surface area contributed by atoms with E-state index in [9.17, 15) is 9.59 Å². The summed E-state index contributed by atoms with van der Waals surface area (Å²) >= 11 is 0. The van der Waals surface area contributed by atoms with Gasteiger partial charge in [-0.05, 0) is 55.7 Å². The standard InChI is InChI=1S/C23H28N2O4/c1-4-6-17-7-9-18(10-8-17)23(3)21(26)25(22(27)24-23)15-16-29-20-13-11-19(12-14-20)28-5-2/h7-14H,4-6,15-16H2,1-3H3,(H,24,27). The summed E-state index contributed by atoms with van der Waals surface area (Å²) in [5.74, 6) is 1.17. The van der Waals surface area contributed by atoms with Crippen LogP contribution in [0, 0.1) is 0 Å². The summed E-state index contributed by atoms with van der Waals surface area (Å²) in [7, 11) is 0. The summed E-state index contributed by atoms with van der Waals surface area (Å²) in [6, 6.07) is 14.7. The lowest BCUT2D eigenvalue weighted by Gasteiger charge is -2.22. The smallest absolute Gasteiger partial charge is 0.325 e. The summed E-state index contributed by atoms with van der Waals surface area (Å²) in [6.07, 6.45) is 2.06. The minimum absolute atomic E-state index is 0.182. The van der Waals surface area contributed by atoms with Crippen molar-refractivity contribution in [3.8, 4) is 11.5 Å². The molecule has 0 saturated carbocycles. The molecule has 1 heterocycles. The molecule has 6 heteroatoms. The Morgan fingerprint density at radius 1 is 0.931 bits per heavy atom. The van der Waals surface area contributed by atoms with E-state index in [0.29, 0.717) is 12.4 Å². The monoisotopic (exact) mass is 396 g/mol. The van der Waals surface area contributed by atoms with Crippen molar-refractivity contribution in [3.63, 3.8) is 0 Å². The molecule has 154 valence electrons. The van der Waals surface area contributed by atoms with Crippen LogP contribution in [0.5, 0.6) is 11.5 Å². The Morgan fingerprint density at radius 3 is 2.14 bits per heavy atom. The van der Waals surface area contributed by atoms with Gasteiger partial charge in [-0.25, -0.2) is 4.79 Å². The Bertz CT molecular complexity index is 848. The van der Waals surface area contributed by atoms with E-state index < -0.39 is 11.6 Å². The maximum atomic E-state index is 13.0. The van der Waals surface area contributed by atoms with E-state index in [1.165, 1.54) is 10.5 Å². The molecule has 0 spiro atoms. The SMILES string of the molecule is CCCc1ccc(C2(C)NC(=O)N(CCOc3ccc(OCC)cc3)C2=O)cc1. The lowest BCUT2D eigenvalue weighted by molar-refractivity contribution is -0.131. The van der Waals surface area contributed by atoms with Crippen LogP contribution in [0.25, 0.3) is 0 Å². The fraction of sp³-hybridized carbons (Fsp3) is 0.391. The van der Waals surface area contributed by atoms with Crippen molar-refractivity contribution in [3.05, 3.63) is 59.7 Å². The van der Waals surface area contributed by atoms with Gasteiger partial charge in [0.25, 0.3) is 5.91 Å². The van der Waals surface area contributed by atoms with Gasteiger partial charge in [0.2, 0.25) is 0 Å². The number of rotatable bonds is 9. The summed E-state index contributed by atoms with van der Waals surface area (Å²) in [4.78, 5) is 26.6. The van der Waals surface area contributed by atoms with Crippen LogP contribution in [0.4, 0.5) is 4.79 Å². The van der Waals surface area contributed by atoms with E-state index in [2.05, 4.69) is 12.2 Å². The van der Waals surface area contributed by atoms with Crippen molar-refractivity contribution in [2.75, 3.05) is 19.8 Å². The van der Waals surface area contributed by atoms with E-state index in [1.54, 1.807) is 19.1 Å². The molecule has 3 rings (SSSR count). The first kappa shape index (κ1) is 20.7. The van der Waals surface area contributed by atoms with Crippen LogP contribution in [0.15, 0.2) is 48.5 Å². The third-order valence-electron chi connectivity index (χ3n) is 5.06. The van der Waals surface area contributed by atoms with Gasteiger partial charge in [-0.15, -0.1) is 0 Å². The zero-order valence-corrected chi connectivity index (χ0v) is 17.2. The zero-order valence-electron chi connectivity index (χ0n) is 17.2. The number of carbonyl (C=O) groups is 2. The molecule has 6 nitrogen and oxygen atoms in total. The van der Waals surface area contributed by atoms with Crippen molar-refractivity contribution in [1.82, 2.24) is 10.2 Å². The number of benzene rings is 2. The van der Waals surface area contributed by atoms with E-state index in [-0.39, 0.29) is 19.1 Å². The maximum absolute atomic E-state index is 13.0. The van der Waals surface area contributed by atoms with Crippen molar-refractivity contribution in [1.29, 1.82) is 0 Å². The number of ether oxygens (including phenoxy) is 2. The van der Waals surface area contributed by atoms with Crippen LogP contribution >= 0.6 is 0 Å². The molecule has 1 fully saturated rings. The fourth-order valence-corrected chi connectivity index (χ4v) is 3.44. The number of hydrogen-bond acceptors (Lipinski definition) is 4. The molecule has 0 aromatic heterocycles. The first-order chi connectivity index (χ1) is 14.0. The highest BCUT2D eigenvalue weighted by Crippen LogP contribution is 2.29. The average molecular weight is 396 g/mol. The number of hydrogen-bond donors (Lipinski definition) is 1. The molecule has 1 N–H and O–H groups in total. The second-order valence-electron chi connectivity index (χ2n) is 7.21. The minimum atomic E-state index is -1.05. The van der Waals surface area contributed by atoms with Gasteiger partial charge in [0, 0.05) is 0 Å². The molecule has 3 amide bonds. The third kappa shape index (κ3) is 4.53. The van der Waals surface area contributed by atoms with Gasteiger partial charge < -0.3 is 14.8 Å². The van der Waals surface area contributed by atoms with Crippen LogP contribution in [-0.4, -0.2) is 36.6 Å². The first-order valence-corrected chi connectivity index (χ1v) is 10.1. The Hall–Kier alpha value is -3.02. The molecular weight excluding hydrogens is 368 g/mol. The Kier molecular flexibility index (Phi) is 6.42. The molecule has 0 bridgehead atoms. The van der Waals surface area contributed by atoms with Gasteiger partial charge in [-0.2, -0.15) is 0 Å². The third-order valence-corrected chi connectivity index (χ3v) is 5.06. The molecule has 1 atom stereocenters. The van der Waals surface area contributed by atoms with E-state index in [0.717, 1.165) is 24.2 Å². The van der Waals surface area contributed by atoms with Gasteiger partial charge in [0.05, 0.1) is 13.2 Å². The van der Waals surface area contributed by atoms with Crippen LogP contribution in [0.3, 0.4) is 0 Å². The molecule has 1 unspecified atom stereocenters. The van der Waals surface area contributed by atoms with Crippen LogP contribution in [-0.2, 0) is 16.8 Å². The molecule has 29 heavy (non-hydrogen) atoms. The van der Waals surface area contributed by atoms with Gasteiger partial charge in [-0.1, -0.05) is 37.6 Å². The maximum Gasteiger partial charge on any atom is 0.325 e. The van der Waals surface area contributed by atoms with Crippen molar-refractivity contribution in [2.24, 2.45) is 0 Å². The molecule has 2 aromatic carbocycles. The number of aryl methyl sites for hydroxylation is 1. The highest BCUT2D eigenvalue weighted by Gasteiger charge is 2.48. The molecule has 0 aliphatic carbocycles. The van der Waals surface area contributed by atoms with Crippen LogP contribution in [0.1, 0.15) is 38.3 Å². The predicted octanol–water partition coefficient (Wildman–Crippen LogP) is 3.88. The van der Waals surface area contributed by atoms with Gasteiger partial charge in [0.15, 0.2) is 0 Å². The first-order valence-electron chi connectivity index (χ1n) is 10.1. The van der Waals surface area contributed by atoms with Crippen molar-refractivity contribution < 1.29 is 19.1 Å². The Balaban J connectivity index is 1.61. The number of nitrogens with one attached hydrogen (secondary N) is 1. The lowest BCUT2D eigenvalue weighted by atomic mass is 9.91. The lowest BCUT2D eigenvalue weighted by Crippen LogP contribution is -2.41. The second-order valence-corrected chi connectivity index (χ2v) is 7.21. The minimum Gasteiger partial charge on any atom is -0.494 e. The molecule has 2 aromatic rings. The molecular formula is C23H28N2O4. The molecule has 1 aliphatic rings. The molecule has 1 aliphatic heterocycles. The highest BCUT2D eigenvalue weighted by molar-refractivity contribution is 6.07. The topological polar surface area (TPSA) is 67.9 Å². The number of nitrogens with zero attached hydrogens (tertiary/aromatic N) is 1. The second kappa shape index (κ2) is 8.99. The van der Waals surface area contributed by atoms with Crippen LogP contribution in [0.2, 0.25) is 0 Å². The van der Waals surface area contributed by atoms with Crippen LogP contribution < -0.4 is 14.8 Å². The number of urea groups is 1. The fourth-order valence-electron chi connectivity index (χ4n) is 3.44. The van der Waals surface area contributed by atoms with Gasteiger partial charge >= 0.3 is 6.03 Å². The van der Waals surface area contributed by atoms with Gasteiger partial charge in [0.1, 0.15) is 23.6 Å². The van der Waals surface area contributed by atoms with E-state index in [4.69, 9.17) is 9.47 Å². The summed E-state index contributed by atoms with van der Waals surface area (Å²) in [5, 5.41) is 2.83. The normalized spacial score (nSPS) is 18.7. The molecule has 0 radical (unpaired) electrons. The summed E-state index contributed by atoms with van der Waals surface area (Å²) < 4.78 is 11.1. The molecule has 1 saturated heterocycles. The summed E-state index contributed by atoms with van der Waals surface area (Å²) in [6.45, 7) is 6.81. The van der Waals surface area contributed by atoms with Gasteiger partial charge in [-0.3, -0.25) is 9.69 Å². The summed E-state index contributed by atoms with van der Waals surface area (Å²) in [5.41, 5.74) is 0.948. The van der Waals surface area contributed by atoms with E-state index >= 15 is 0 Å². The number of imide groups is 1. The highest BCUT2D eigenvalue weighted by atomic mass is 16.5. The van der Waals surface area contributed by atoms with Crippen molar-refractivity contribution >= 4 is 11.9 Å². The number of amides is 3. The van der Waals surface area contributed by atoms with Crippen molar-refractivity contribution in [2.45, 2.75) is 39.2 Å². The van der Waals surface area contributed by atoms with E-state index in [1.807, 2.05) is 43.3 Å². The zero-order chi connectivity index (χ0) is 20.9. The number of carbonyl (C=O) groups excluding carboxylic acids is 2. The Labute approximate surface area is 171 Å². The largest absolute Gasteiger partial charge is 0.494 e. The Morgan fingerprint density at radius 2 is 1.55 bits per heavy atom. The average Bonchev–Trinajstić information content (AvgIpc) is 2.94.